The Hall–Kier alpha value is -0.870. The van der Waals surface area contributed by atoms with E-state index in [-0.39, 0.29) is 0 Å². The summed E-state index contributed by atoms with van der Waals surface area (Å²) in [4.78, 5) is 0.473. The Morgan fingerprint density at radius 3 is 2.08 bits per heavy atom. The second kappa shape index (κ2) is 3.89. The molecule has 1 rings (SSSR count). The third-order valence-corrected chi connectivity index (χ3v) is 2.84. The molecule has 0 amide bonds. The van der Waals surface area contributed by atoms with E-state index in [0.717, 1.165) is 11.1 Å². The van der Waals surface area contributed by atoms with Crippen molar-refractivity contribution in [3.05, 3.63) is 23.3 Å². The van der Waals surface area contributed by atoms with Gasteiger partial charge in [0.2, 0.25) is 0 Å². The fourth-order valence-electron chi connectivity index (χ4n) is 1.30. The van der Waals surface area contributed by atoms with Gasteiger partial charge in [0.05, 0.1) is 12.0 Å². The molecule has 1 unspecified atom stereocenters. The number of aryl methyl sites for hydroxylation is 2. The van der Waals surface area contributed by atoms with Gasteiger partial charge in [0, 0.05) is 0 Å². The molecule has 0 fully saturated rings. The van der Waals surface area contributed by atoms with E-state index in [1.54, 1.807) is 33.1 Å². The Bertz CT molecular complexity index is 324. The van der Waals surface area contributed by atoms with Crippen LogP contribution < -0.4 is 4.74 Å². The summed E-state index contributed by atoms with van der Waals surface area (Å²) in [5.74, 6) is 0.712. The molecule has 0 aliphatic rings. The van der Waals surface area contributed by atoms with Crippen LogP contribution in [0.3, 0.4) is 0 Å². The van der Waals surface area contributed by atoms with Crippen molar-refractivity contribution in [2.24, 2.45) is 0 Å². The van der Waals surface area contributed by atoms with Crippen molar-refractivity contribution in [1.29, 1.82) is 0 Å². The van der Waals surface area contributed by atoms with Crippen LogP contribution in [0.1, 0.15) is 11.1 Å². The molecule has 1 N–H and O–H groups in total. The molecule has 13 heavy (non-hydrogen) atoms. The summed E-state index contributed by atoms with van der Waals surface area (Å²) >= 11 is -1.92. The van der Waals surface area contributed by atoms with Crippen LogP contribution in [0, 0.1) is 13.8 Å². The smallest absolute Gasteiger partial charge is 0.187 e. The zero-order valence-corrected chi connectivity index (χ0v) is 8.64. The van der Waals surface area contributed by atoms with Gasteiger partial charge in [-0.3, -0.25) is 0 Å². The molecule has 3 nitrogen and oxygen atoms in total. The highest BCUT2D eigenvalue weighted by molar-refractivity contribution is 7.79. The quantitative estimate of drug-likeness (QED) is 0.741. The maximum atomic E-state index is 10.9. The Kier molecular flexibility index (Phi) is 3.06. The molecule has 0 bridgehead atoms. The van der Waals surface area contributed by atoms with Crippen molar-refractivity contribution in [3.63, 3.8) is 0 Å². The van der Waals surface area contributed by atoms with E-state index in [2.05, 4.69) is 0 Å². The molecule has 1 aromatic rings. The van der Waals surface area contributed by atoms with E-state index >= 15 is 0 Å². The van der Waals surface area contributed by atoms with E-state index in [1.165, 1.54) is 0 Å². The molecule has 0 aliphatic heterocycles. The average Bonchev–Trinajstić information content (AvgIpc) is 2.02. The molecule has 1 atom stereocenters. The van der Waals surface area contributed by atoms with Gasteiger partial charge in [-0.05, 0) is 37.1 Å². The minimum atomic E-state index is -1.92. The van der Waals surface area contributed by atoms with Gasteiger partial charge < -0.3 is 9.29 Å². The van der Waals surface area contributed by atoms with Crippen molar-refractivity contribution in [1.82, 2.24) is 0 Å². The van der Waals surface area contributed by atoms with Gasteiger partial charge >= 0.3 is 0 Å². The van der Waals surface area contributed by atoms with Crippen molar-refractivity contribution < 1.29 is 13.5 Å². The summed E-state index contributed by atoms with van der Waals surface area (Å²) in [5.41, 5.74) is 1.55. The molecular weight excluding hydrogens is 188 g/mol. The van der Waals surface area contributed by atoms with Crippen LogP contribution in [-0.2, 0) is 11.1 Å². The minimum Gasteiger partial charge on any atom is -0.497 e. The van der Waals surface area contributed by atoms with Gasteiger partial charge in [0.1, 0.15) is 5.75 Å². The van der Waals surface area contributed by atoms with E-state index < -0.39 is 11.1 Å². The summed E-state index contributed by atoms with van der Waals surface area (Å²) in [5, 5.41) is 0. The molecule has 4 heteroatoms. The van der Waals surface area contributed by atoms with Crippen molar-refractivity contribution in [3.8, 4) is 5.75 Å². The summed E-state index contributed by atoms with van der Waals surface area (Å²) in [6.07, 6.45) is 0. The molecule has 0 saturated heterocycles. The maximum absolute atomic E-state index is 10.9. The Morgan fingerprint density at radius 1 is 1.31 bits per heavy atom. The number of hydrogen-bond acceptors (Lipinski definition) is 2. The molecule has 0 saturated carbocycles. The third-order valence-electron chi connectivity index (χ3n) is 1.84. The summed E-state index contributed by atoms with van der Waals surface area (Å²) in [6.45, 7) is 3.58. The number of hydrogen-bond donors (Lipinski definition) is 1. The molecule has 1 aromatic carbocycles. The van der Waals surface area contributed by atoms with Gasteiger partial charge in [-0.25, -0.2) is 4.21 Å². The topological polar surface area (TPSA) is 46.5 Å². The Balaban J connectivity index is 3.31. The first kappa shape index (κ1) is 10.2. The fraction of sp³-hybridized carbons (Fsp3) is 0.333. The lowest BCUT2D eigenvalue weighted by Crippen LogP contribution is -1.97. The second-order valence-electron chi connectivity index (χ2n) is 2.84. The fourth-order valence-corrected chi connectivity index (χ4v) is 1.97. The average molecular weight is 200 g/mol. The Labute approximate surface area is 80.0 Å². The van der Waals surface area contributed by atoms with Gasteiger partial charge in [-0.1, -0.05) is 0 Å². The summed E-state index contributed by atoms with van der Waals surface area (Å²) in [6, 6.07) is 3.49. The standard InChI is InChI=1S/C9H12O3S/c1-6-4-8(12-3)5-7(2)9(6)13(10)11/h4-5H,1-3H3,(H,10,11). The number of rotatable bonds is 2. The zero-order chi connectivity index (χ0) is 10.0. The van der Waals surface area contributed by atoms with Crippen molar-refractivity contribution in [2.45, 2.75) is 18.7 Å². The van der Waals surface area contributed by atoms with Gasteiger partial charge in [0.15, 0.2) is 11.1 Å². The first-order valence-corrected chi connectivity index (χ1v) is 4.93. The first-order chi connectivity index (χ1) is 6.06. The number of ether oxygens (including phenoxy) is 1. The van der Waals surface area contributed by atoms with E-state index in [0.29, 0.717) is 10.6 Å². The second-order valence-corrected chi connectivity index (χ2v) is 3.75. The van der Waals surface area contributed by atoms with Crippen LogP contribution in [-0.4, -0.2) is 15.9 Å². The molecule has 0 spiro atoms. The van der Waals surface area contributed by atoms with Crippen LogP contribution in [0.5, 0.6) is 5.75 Å². The highest BCUT2D eigenvalue weighted by Gasteiger charge is 2.09. The monoisotopic (exact) mass is 200 g/mol. The van der Waals surface area contributed by atoms with Gasteiger partial charge in [-0.15, -0.1) is 0 Å². The van der Waals surface area contributed by atoms with E-state index in [1.807, 2.05) is 0 Å². The maximum Gasteiger partial charge on any atom is 0.187 e. The summed E-state index contributed by atoms with van der Waals surface area (Å²) in [7, 11) is 1.57. The van der Waals surface area contributed by atoms with E-state index in [9.17, 15) is 4.21 Å². The van der Waals surface area contributed by atoms with Crippen LogP contribution in [0.25, 0.3) is 0 Å². The molecule has 0 heterocycles. The highest BCUT2D eigenvalue weighted by atomic mass is 32.2. The lowest BCUT2D eigenvalue weighted by molar-refractivity contribution is 0.413. The van der Waals surface area contributed by atoms with Crippen LogP contribution in [0.2, 0.25) is 0 Å². The lowest BCUT2D eigenvalue weighted by Gasteiger charge is -2.08. The molecule has 72 valence electrons. The normalized spacial score (nSPS) is 12.6. The third kappa shape index (κ3) is 2.08. The number of methoxy groups -OCH3 is 1. The zero-order valence-electron chi connectivity index (χ0n) is 7.83. The molecular formula is C9H12O3S. The van der Waals surface area contributed by atoms with Crippen LogP contribution >= 0.6 is 0 Å². The van der Waals surface area contributed by atoms with Crippen LogP contribution in [0.4, 0.5) is 0 Å². The van der Waals surface area contributed by atoms with E-state index in [4.69, 9.17) is 9.29 Å². The number of benzene rings is 1. The first-order valence-electron chi connectivity index (χ1n) is 3.82. The van der Waals surface area contributed by atoms with Crippen LogP contribution in [0.15, 0.2) is 17.0 Å². The van der Waals surface area contributed by atoms with Crippen molar-refractivity contribution in [2.75, 3.05) is 7.11 Å². The largest absolute Gasteiger partial charge is 0.497 e. The SMILES string of the molecule is COc1cc(C)c(S(=O)O)c(C)c1. The molecule has 0 radical (unpaired) electrons. The Morgan fingerprint density at radius 2 is 1.77 bits per heavy atom. The predicted molar refractivity (Wildman–Crippen MR) is 51.5 cm³/mol. The minimum absolute atomic E-state index is 0.473. The van der Waals surface area contributed by atoms with Gasteiger partial charge in [0.25, 0.3) is 0 Å². The lowest BCUT2D eigenvalue weighted by atomic mass is 10.1. The summed E-state index contributed by atoms with van der Waals surface area (Å²) < 4.78 is 24.9. The molecule has 0 aliphatic carbocycles. The van der Waals surface area contributed by atoms with Gasteiger partial charge in [-0.2, -0.15) is 0 Å². The molecule has 0 aromatic heterocycles. The predicted octanol–water partition coefficient (Wildman–Crippen LogP) is 1.89. The highest BCUT2D eigenvalue weighted by Crippen LogP contribution is 2.23. The van der Waals surface area contributed by atoms with Crippen molar-refractivity contribution >= 4 is 11.1 Å².